The topological polar surface area (TPSA) is 68.8 Å². The maximum atomic E-state index is 12.7. The zero-order valence-electron chi connectivity index (χ0n) is 18.6. The van der Waals surface area contributed by atoms with Gasteiger partial charge in [0, 0.05) is 54.4 Å². The van der Waals surface area contributed by atoms with Gasteiger partial charge in [-0.1, -0.05) is 54.6 Å². The Balaban J connectivity index is 1.49. The third-order valence-corrected chi connectivity index (χ3v) is 6.41. The average Bonchev–Trinajstić information content (AvgIpc) is 3.24. The van der Waals surface area contributed by atoms with Gasteiger partial charge in [-0.25, -0.2) is 0 Å². The highest BCUT2D eigenvalue weighted by Crippen LogP contribution is 2.38. The van der Waals surface area contributed by atoms with Crippen molar-refractivity contribution in [3.8, 4) is 17.0 Å². The third-order valence-electron chi connectivity index (χ3n) is 6.41. The zero-order valence-corrected chi connectivity index (χ0v) is 18.6. The van der Waals surface area contributed by atoms with Gasteiger partial charge < -0.3 is 19.7 Å². The SMILES string of the molecule is COc1cccc(N2CCN(C(C(=O)O)c3c(-c4ccccc4)[nH]c4ccccc34)CC2)c1. The molecule has 1 saturated heterocycles. The molecule has 2 N–H and O–H groups in total. The van der Waals surface area contributed by atoms with E-state index in [4.69, 9.17) is 4.74 Å². The molecular weight excluding hydrogens is 414 g/mol. The molecule has 1 unspecified atom stereocenters. The Morgan fingerprint density at radius 1 is 0.939 bits per heavy atom. The summed E-state index contributed by atoms with van der Waals surface area (Å²) in [6.07, 6.45) is 0. The number of ether oxygens (including phenoxy) is 1. The Morgan fingerprint density at radius 2 is 1.67 bits per heavy atom. The number of carboxylic acids is 1. The van der Waals surface area contributed by atoms with Gasteiger partial charge in [0.25, 0.3) is 0 Å². The van der Waals surface area contributed by atoms with Gasteiger partial charge in [0.2, 0.25) is 0 Å². The number of aromatic nitrogens is 1. The second-order valence-corrected chi connectivity index (χ2v) is 8.29. The lowest BCUT2D eigenvalue weighted by molar-refractivity contribution is -0.143. The van der Waals surface area contributed by atoms with Crippen molar-refractivity contribution in [1.29, 1.82) is 0 Å². The van der Waals surface area contributed by atoms with Crippen LogP contribution in [-0.2, 0) is 4.79 Å². The van der Waals surface area contributed by atoms with Crippen LogP contribution in [-0.4, -0.2) is 54.2 Å². The Labute approximate surface area is 193 Å². The number of methoxy groups -OCH3 is 1. The Morgan fingerprint density at radius 3 is 2.39 bits per heavy atom. The number of aromatic amines is 1. The molecule has 33 heavy (non-hydrogen) atoms. The number of hydrogen-bond donors (Lipinski definition) is 2. The number of carboxylic acid groups (broad SMARTS) is 1. The van der Waals surface area contributed by atoms with Crippen LogP contribution >= 0.6 is 0 Å². The number of carbonyl (C=O) groups is 1. The molecule has 1 fully saturated rings. The van der Waals surface area contributed by atoms with E-state index in [1.54, 1.807) is 7.11 Å². The number of H-pyrrole nitrogens is 1. The lowest BCUT2D eigenvalue weighted by Gasteiger charge is -2.39. The summed E-state index contributed by atoms with van der Waals surface area (Å²) < 4.78 is 5.36. The smallest absolute Gasteiger partial charge is 0.325 e. The summed E-state index contributed by atoms with van der Waals surface area (Å²) >= 11 is 0. The van der Waals surface area contributed by atoms with E-state index in [0.717, 1.165) is 52.3 Å². The minimum atomic E-state index is -0.827. The summed E-state index contributed by atoms with van der Waals surface area (Å²) in [5, 5.41) is 11.4. The van der Waals surface area contributed by atoms with E-state index in [0.29, 0.717) is 13.1 Å². The molecule has 0 aliphatic carbocycles. The Hall–Kier alpha value is -3.77. The molecule has 5 rings (SSSR count). The van der Waals surface area contributed by atoms with Gasteiger partial charge in [-0.15, -0.1) is 0 Å². The van der Waals surface area contributed by atoms with E-state index in [1.807, 2.05) is 72.8 Å². The predicted molar refractivity (Wildman–Crippen MR) is 131 cm³/mol. The highest BCUT2D eigenvalue weighted by Gasteiger charge is 2.34. The first-order valence-corrected chi connectivity index (χ1v) is 11.2. The van der Waals surface area contributed by atoms with Crippen molar-refractivity contribution in [2.45, 2.75) is 6.04 Å². The van der Waals surface area contributed by atoms with Gasteiger partial charge in [0.05, 0.1) is 12.8 Å². The van der Waals surface area contributed by atoms with Gasteiger partial charge >= 0.3 is 5.97 Å². The molecule has 2 heterocycles. The van der Waals surface area contributed by atoms with E-state index in [1.165, 1.54) is 0 Å². The molecule has 1 aromatic heterocycles. The van der Waals surface area contributed by atoms with Crippen LogP contribution in [0.2, 0.25) is 0 Å². The molecule has 1 aliphatic heterocycles. The van der Waals surface area contributed by atoms with E-state index in [-0.39, 0.29) is 0 Å². The van der Waals surface area contributed by atoms with E-state index in [2.05, 4.69) is 20.9 Å². The standard InChI is InChI=1S/C27H27N3O3/c1-33-21-11-7-10-20(18-21)29-14-16-30(17-15-29)26(27(31)32)24-22-12-5-6-13-23(22)28-25(24)19-8-3-2-4-9-19/h2-13,18,26,28H,14-17H2,1H3,(H,31,32). The largest absolute Gasteiger partial charge is 0.497 e. The number of nitrogens with zero attached hydrogens (tertiary/aromatic N) is 2. The number of piperazine rings is 1. The van der Waals surface area contributed by atoms with Gasteiger partial charge in [-0.2, -0.15) is 0 Å². The van der Waals surface area contributed by atoms with Gasteiger partial charge in [-0.3, -0.25) is 9.69 Å². The molecule has 0 saturated carbocycles. The second kappa shape index (κ2) is 9.00. The highest BCUT2D eigenvalue weighted by atomic mass is 16.5. The van der Waals surface area contributed by atoms with Gasteiger partial charge in [0.15, 0.2) is 0 Å². The highest BCUT2D eigenvalue weighted by molar-refractivity contribution is 5.95. The van der Waals surface area contributed by atoms with Crippen molar-refractivity contribution in [3.63, 3.8) is 0 Å². The number of hydrogen-bond acceptors (Lipinski definition) is 4. The number of benzene rings is 3. The van der Waals surface area contributed by atoms with Crippen LogP contribution in [0.3, 0.4) is 0 Å². The van der Waals surface area contributed by atoms with Crippen LogP contribution in [0.1, 0.15) is 11.6 Å². The number of aliphatic carboxylic acids is 1. The molecule has 0 spiro atoms. The number of rotatable bonds is 6. The van der Waals surface area contributed by atoms with Gasteiger partial charge in [-0.05, 0) is 23.8 Å². The summed E-state index contributed by atoms with van der Waals surface area (Å²) in [6, 6.07) is 25.2. The average molecular weight is 442 g/mol. The summed E-state index contributed by atoms with van der Waals surface area (Å²) in [6.45, 7) is 2.81. The molecular formula is C27H27N3O3. The van der Waals surface area contributed by atoms with Crippen molar-refractivity contribution >= 4 is 22.6 Å². The number of fused-ring (bicyclic) bond motifs is 1. The predicted octanol–water partition coefficient (Wildman–Crippen LogP) is 4.79. The van der Waals surface area contributed by atoms with Crippen LogP contribution in [0.5, 0.6) is 5.75 Å². The minimum absolute atomic E-state index is 0.655. The summed E-state index contributed by atoms with van der Waals surface area (Å²) in [4.78, 5) is 20.5. The Bertz CT molecular complexity index is 1260. The molecule has 1 atom stereocenters. The molecule has 0 bridgehead atoms. The van der Waals surface area contributed by atoms with E-state index >= 15 is 0 Å². The fourth-order valence-electron chi connectivity index (χ4n) is 4.79. The molecule has 0 amide bonds. The monoisotopic (exact) mass is 441 g/mol. The van der Waals surface area contributed by atoms with E-state index < -0.39 is 12.0 Å². The number of nitrogens with one attached hydrogen (secondary N) is 1. The molecule has 4 aromatic rings. The molecule has 6 nitrogen and oxygen atoms in total. The van der Waals surface area contributed by atoms with Crippen LogP contribution in [0, 0.1) is 0 Å². The minimum Gasteiger partial charge on any atom is -0.497 e. The first-order chi connectivity index (χ1) is 16.2. The fourth-order valence-corrected chi connectivity index (χ4v) is 4.79. The van der Waals surface area contributed by atoms with Gasteiger partial charge in [0.1, 0.15) is 11.8 Å². The summed E-state index contributed by atoms with van der Waals surface area (Å²) in [7, 11) is 1.67. The molecule has 6 heteroatoms. The molecule has 3 aromatic carbocycles. The maximum absolute atomic E-state index is 12.7. The lowest BCUT2D eigenvalue weighted by atomic mass is 9.97. The summed E-state index contributed by atoms with van der Waals surface area (Å²) in [5.74, 6) is -0.00333. The molecule has 1 aliphatic rings. The van der Waals surface area contributed by atoms with Crippen LogP contribution in [0.25, 0.3) is 22.2 Å². The quantitative estimate of drug-likeness (QED) is 0.450. The lowest BCUT2D eigenvalue weighted by Crippen LogP contribution is -2.49. The van der Waals surface area contributed by atoms with Crippen molar-refractivity contribution in [2.24, 2.45) is 0 Å². The fraction of sp³-hybridized carbons (Fsp3) is 0.222. The van der Waals surface area contributed by atoms with Crippen molar-refractivity contribution in [1.82, 2.24) is 9.88 Å². The number of para-hydroxylation sites is 1. The van der Waals surface area contributed by atoms with Crippen molar-refractivity contribution in [3.05, 3.63) is 84.4 Å². The molecule has 0 radical (unpaired) electrons. The zero-order chi connectivity index (χ0) is 22.8. The normalized spacial score (nSPS) is 15.5. The second-order valence-electron chi connectivity index (χ2n) is 8.29. The summed E-state index contributed by atoms with van der Waals surface area (Å²) in [5.41, 5.74) is 4.74. The third kappa shape index (κ3) is 4.05. The first-order valence-electron chi connectivity index (χ1n) is 11.2. The first kappa shape index (κ1) is 21.1. The number of anilines is 1. The van der Waals surface area contributed by atoms with Crippen molar-refractivity contribution < 1.29 is 14.6 Å². The van der Waals surface area contributed by atoms with Crippen LogP contribution < -0.4 is 9.64 Å². The molecule has 168 valence electrons. The maximum Gasteiger partial charge on any atom is 0.325 e. The Kier molecular flexibility index (Phi) is 5.75. The van der Waals surface area contributed by atoms with Crippen LogP contribution in [0.4, 0.5) is 5.69 Å². The van der Waals surface area contributed by atoms with Crippen molar-refractivity contribution in [2.75, 3.05) is 38.2 Å². The van der Waals surface area contributed by atoms with E-state index in [9.17, 15) is 9.90 Å². The van der Waals surface area contributed by atoms with Crippen LogP contribution in [0.15, 0.2) is 78.9 Å².